The Bertz CT molecular complexity index is 982. The van der Waals surface area contributed by atoms with Gasteiger partial charge in [-0.3, -0.25) is 9.78 Å². The van der Waals surface area contributed by atoms with Crippen molar-refractivity contribution in [2.45, 2.75) is 13.8 Å². The highest BCUT2D eigenvalue weighted by molar-refractivity contribution is 5.83. The lowest BCUT2D eigenvalue weighted by Gasteiger charge is -1.99. The molecule has 0 aliphatic rings. The van der Waals surface area contributed by atoms with Crippen LogP contribution in [0.4, 0.5) is 0 Å². The van der Waals surface area contributed by atoms with Crippen molar-refractivity contribution < 1.29 is 0 Å². The molecule has 0 unspecified atom stereocenters. The molecule has 2 heterocycles. The minimum Gasteiger partial charge on any atom is -0.338 e. The Morgan fingerprint density at radius 1 is 1.16 bits per heavy atom. The normalized spacial score (nSPS) is 11.0. The zero-order valence-corrected chi connectivity index (χ0v) is 10.4. The molecule has 94 valence electrons. The molecule has 6 nitrogen and oxygen atoms in total. The molecule has 0 aliphatic carbocycles. The number of benzene rings is 1. The molecule has 0 atom stereocenters. The van der Waals surface area contributed by atoms with E-state index >= 15 is 0 Å². The third-order valence-electron chi connectivity index (χ3n) is 3.33. The van der Waals surface area contributed by atoms with Crippen LogP contribution in [0.15, 0.2) is 21.7 Å². The Balaban J connectivity index is 2.70. The van der Waals surface area contributed by atoms with Gasteiger partial charge in [-0.05, 0) is 37.1 Å². The van der Waals surface area contributed by atoms with Gasteiger partial charge in [0.1, 0.15) is 11.7 Å². The molecule has 0 spiro atoms. The minimum absolute atomic E-state index is 0.0916. The molecule has 0 saturated heterocycles. The van der Waals surface area contributed by atoms with Gasteiger partial charge in [-0.15, -0.1) is 0 Å². The van der Waals surface area contributed by atoms with E-state index in [0.29, 0.717) is 5.52 Å². The number of rotatable bonds is 0. The molecule has 2 N–H and O–H groups in total. The molecule has 2 aromatic heterocycles. The van der Waals surface area contributed by atoms with Crippen molar-refractivity contribution in [1.82, 2.24) is 14.4 Å². The first-order chi connectivity index (χ1) is 9.02. The van der Waals surface area contributed by atoms with Crippen LogP contribution in [0.25, 0.3) is 16.7 Å². The van der Waals surface area contributed by atoms with E-state index in [1.54, 1.807) is 0 Å². The van der Waals surface area contributed by atoms with Gasteiger partial charge >= 0.3 is 5.69 Å². The van der Waals surface area contributed by atoms with Gasteiger partial charge in [0.15, 0.2) is 5.56 Å². The number of imidazole rings is 1. The van der Waals surface area contributed by atoms with Gasteiger partial charge in [0.05, 0.1) is 11.0 Å². The maximum absolute atomic E-state index is 11.9. The zero-order chi connectivity index (χ0) is 13.7. The molecule has 0 bridgehead atoms. The number of nitrogens with zero attached hydrogens (tertiary/aromatic N) is 2. The molecule has 19 heavy (non-hydrogen) atoms. The third-order valence-corrected chi connectivity index (χ3v) is 3.33. The van der Waals surface area contributed by atoms with Crippen LogP contribution in [0.1, 0.15) is 16.7 Å². The molecule has 0 aliphatic heterocycles. The van der Waals surface area contributed by atoms with Crippen LogP contribution >= 0.6 is 0 Å². The van der Waals surface area contributed by atoms with Gasteiger partial charge in [-0.2, -0.15) is 5.26 Å². The van der Waals surface area contributed by atoms with Crippen LogP contribution < -0.4 is 11.2 Å². The Hall–Kier alpha value is -2.81. The number of fused-ring (bicyclic) bond motifs is 3. The average Bonchev–Trinajstić information content (AvgIpc) is 2.68. The highest BCUT2D eigenvalue weighted by Crippen LogP contribution is 2.19. The summed E-state index contributed by atoms with van der Waals surface area (Å²) in [6.45, 7) is 3.90. The first kappa shape index (κ1) is 11.3. The van der Waals surface area contributed by atoms with Crippen LogP contribution in [0.2, 0.25) is 0 Å². The molecule has 0 saturated carbocycles. The van der Waals surface area contributed by atoms with E-state index in [2.05, 4.69) is 9.97 Å². The first-order valence-electron chi connectivity index (χ1n) is 5.71. The Morgan fingerprint density at radius 3 is 2.53 bits per heavy atom. The van der Waals surface area contributed by atoms with E-state index in [9.17, 15) is 9.59 Å². The highest BCUT2D eigenvalue weighted by atomic mass is 16.2. The maximum atomic E-state index is 11.9. The van der Waals surface area contributed by atoms with Gasteiger partial charge in [-0.25, -0.2) is 9.20 Å². The van der Waals surface area contributed by atoms with Gasteiger partial charge in [0.25, 0.3) is 5.56 Å². The average molecular weight is 254 g/mol. The number of aryl methyl sites for hydroxylation is 2. The van der Waals surface area contributed by atoms with E-state index in [-0.39, 0.29) is 11.2 Å². The van der Waals surface area contributed by atoms with Crippen molar-refractivity contribution in [3.63, 3.8) is 0 Å². The Labute approximate surface area is 106 Å². The molecule has 1 aromatic carbocycles. The summed E-state index contributed by atoms with van der Waals surface area (Å²) in [6.07, 6.45) is 0. The van der Waals surface area contributed by atoms with E-state index < -0.39 is 11.2 Å². The molecular formula is C13H10N4O2. The quantitative estimate of drug-likeness (QED) is 0.625. The number of hydrogen-bond acceptors (Lipinski definition) is 3. The lowest BCUT2D eigenvalue weighted by molar-refractivity contribution is 0.989. The predicted molar refractivity (Wildman–Crippen MR) is 70.3 cm³/mol. The Kier molecular flexibility index (Phi) is 2.13. The minimum atomic E-state index is -0.674. The molecule has 6 heteroatoms. The number of aromatic amines is 2. The molecule has 3 aromatic rings. The second-order valence-electron chi connectivity index (χ2n) is 4.51. The SMILES string of the molecule is Cc1cc2[nH]c3c(C#N)c(=O)[nH]c(=O)n3c2cc1C. The predicted octanol–water partition coefficient (Wildman–Crippen LogP) is 0.958. The largest absolute Gasteiger partial charge is 0.338 e. The fraction of sp³-hybridized carbons (Fsp3) is 0.154. The zero-order valence-electron chi connectivity index (χ0n) is 10.4. The monoisotopic (exact) mass is 254 g/mol. The second-order valence-corrected chi connectivity index (χ2v) is 4.51. The van der Waals surface area contributed by atoms with Crippen LogP contribution in [-0.4, -0.2) is 14.4 Å². The topological polar surface area (TPSA) is 93.9 Å². The van der Waals surface area contributed by atoms with Crippen molar-refractivity contribution >= 4 is 16.7 Å². The van der Waals surface area contributed by atoms with E-state index in [1.165, 1.54) is 4.40 Å². The van der Waals surface area contributed by atoms with Crippen LogP contribution in [0, 0.1) is 25.2 Å². The highest BCUT2D eigenvalue weighted by Gasteiger charge is 2.14. The number of aromatic nitrogens is 3. The van der Waals surface area contributed by atoms with E-state index in [0.717, 1.165) is 16.6 Å². The number of hydrogen-bond donors (Lipinski definition) is 2. The second kappa shape index (κ2) is 3.59. The molecule has 0 amide bonds. The van der Waals surface area contributed by atoms with Crippen molar-refractivity contribution in [2.24, 2.45) is 0 Å². The summed E-state index contributed by atoms with van der Waals surface area (Å²) in [5, 5.41) is 9.04. The van der Waals surface area contributed by atoms with Gasteiger partial charge < -0.3 is 4.98 Å². The fourth-order valence-corrected chi connectivity index (χ4v) is 2.20. The number of nitrogens with one attached hydrogen (secondary N) is 2. The lowest BCUT2D eigenvalue weighted by Crippen LogP contribution is -2.27. The summed E-state index contributed by atoms with van der Waals surface area (Å²) in [4.78, 5) is 28.6. The summed E-state index contributed by atoms with van der Waals surface area (Å²) in [5.74, 6) is 0. The summed E-state index contributed by atoms with van der Waals surface area (Å²) < 4.78 is 1.32. The van der Waals surface area contributed by atoms with Crippen molar-refractivity contribution in [3.8, 4) is 6.07 Å². The van der Waals surface area contributed by atoms with Crippen LogP contribution in [0.5, 0.6) is 0 Å². The van der Waals surface area contributed by atoms with E-state index in [1.807, 2.05) is 32.0 Å². The van der Waals surface area contributed by atoms with Crippen LogP contribution in [0.3, 0.4) is 0 Å². The lowest BCUT2D eigenvalue weighted by atomic mass is 10.1. The van der Waals surface area contributed by atoms with E-state index in [4.69, 9.17) is 5.26 Å². The molecular weight excluding hydrogens is 244 g/mol. The fourth-order valence-electron chi connectivity index (χ4n) is 2.20. The first-order valence-corrected chi connectivity index (χ1v) is 5.71. The molecule has 0 fully saturated rings. The number of nitriles is 1. The van der Waals surface area contributed by atoms with Crippen molar-refractivity contribution in [2.75, 3.05) is 0 Å². The summed E-state index contributed by atoms with van der Waals surface area (Å²) in [5.41, 5.74) is 2.39. The van der Waals surface area contributed by atoms with Crippen molar-refractivity contribution in [3.05, 3.63) is 49.7 Å². The van der Waals surface area contributed by atoms with Gasteiger partial charge in [-0.1, -0.05) is 0 Å². The molecule has 0 radical (unpaired) electrons. The van der Waals surface area contributed by atoms with Crippen LogP contribution in [-0.2, 0) is 0 Å². The Morgan fingerprint density at radius 2 is 1.84 bits per heavy atom. The summed E-state index contributed by atoms with van der Waals surface area (Å²) >= 11 is 0. The standard InChI is InChI=1S/C13H10N4O2/c1-6-3-9-10(4-7(6)2)17-11(15-9)8(5-14)12(18)16-13(17)19/h3-4,15H,1-2H3,(H,16,18,19). The third kappa shape index (κ3) is 1.42. The van der Waals surface area contributed by atoms with Gasteiger partial charge in [0, 0.05) is 0 Å². The summed E-state index contributed by atoms with van der Waals surface area (Å²) in [6, 6.07) is 5.57. The maximum Gasteiger partial charge on any atom is 0.334 e. The smallest absolute Gasteiger partial charge is 0.334 e. The van der Waals surface area contributed by atoms with Gasteiger partial charge in [0.2, 0.25) is 0 Å². The number of H-pyrrole nitrogens is 2. The summed E-state index contributed by atoms with van der Waals surface area (Å²) in [7, 11) is 0. The van der Waals surface area contributed by atoms with Crippen molar-refractivity contribution in [1.29, 1.82) is 5.26 Å². The molecule has 3 rings (SSSR count).